The third-order valence-corrected chi connectivity index (χ3v) is 2.66. The minimum absolute atomic E-state index is 0.0434. The Labute approximate surface area is 111 Å². The molecule has 2 aromatic carbocycles. The van der Waals surface area contributed by atoms with E-state index in [1.807, 2.05) is 25.1 Å². The van der Waals surface area contributed by atoms with E-state index in [0.29, 0.717) is 16.9 Å². The maximum Gasteiger partial charge on any atom is 0.308 e. The molecule has 0 aliphatic carbocycles. The van der Waals surface area contributed by atoms with Gasteiger partial charge in [-0.15, -0.1) is 0 Å². The minimum Gasteiger partial charge on any atom is -0.427 e. The monoisotopic (exact) mass is 254 g/mol. The number of rotatable bonds is 3. The lowest BCUT2D eigenvalue weighted by atomic mass is 10.0. The highest BCUT2D eigenvalue weighted by Gasteiger charge is 2.09. The van der Waals surface area contributed by atoms with E-state index in [1.165, 1.54) is 6.92 Å². The van der Waals surface area contributed by atoms with Gasteiger partial charge < -0.3 is 4.74 Å². The molecule has 0 bridgehead atoms. The van der Waals surface area contributed by atoms with Crippen LogP contribution in [0.2, 0.25) is 0 Å². The summed E-state index contributed by atoms with van der Waals surface area (Å²) in [7, 11) is 0. The van der Waals surface area contributed by atoms with E-state index >= 15 is 0 Å². The van der Waals surface area contributed by atoms with Gasteiger partial charge in [0.05, 0.1) is 0 Å². The maximum absolute atomic E-state index is 12.2. The van der Waals surface area contributed by atoms with E-state index in [2.05, 4.69) is 0 Å². The van der Waals surface area contributed by atoms with Crippen LogP contribution in [0.15, 0.2) is 48.5 Å². The zero-order valence-corrected chi connectivity index (χ0v) is 10.8. The first-order chi connectivity index (χ1) is 9.06. The second-order valence-corrected chi connectivity index (χ2v) is 4.32. The van der Waals surface area contributed by atoms with Crippen molar-refractivity contribution in [2.75, 3.05) is 0 Å². The largest absolute Gasteiger partial charge is 0.427 e. The van der Waals surface area contributed by atoms with Crippen LogP contribution in [0, 0.1) is 6.92 Å². The lowest BCUT2D eigenvalue weighted by molar-refractivity contribution is -0.131. The number of esters is 1. The van der Waals surface area contributed by atoms with Crippen molar-refractivity contribution in [1.29, 1.82) is 0 Å². The van der Waals surface area contributed by atoms with Crippen LogP contribution in [0.25, 0.3) is 0 Å². The zero-order valence-electron chi connectivity index (χ0n) is 10.8. The van der Waals surface area contributed by atoms with Crippen molar-refractivity contribution in [2.45, 2.75) is 13.8 Å². The molecule has 0 saturated heterocycles. The standard InChI is InChI=1S/C16H14O3/c1-11-4-3-5-14(10-11)16(18)13-6-8-15(9-7-13)19-12(2)17/h3-10H,1-2H3. The van der Waals surface area contributed by atoms with Crippen LogP contribution in [-0.4, -0.2) is 11.8 Å². The highest BCUT2D eigenvalue weighted by Crippen LogP contribution is 2.16. The van der Waals surface area contributed by atoms with E-state index in [1.54, 1.807) is 30.3 Å². The molecular weight excluding hydrogens is 240 g/mol. The molecule has 0 spiro atoms. The van der Waals surface area contributed by atoms with Crippen molar-refractivity contribution in [3.8, 4) is 5.75 Å². The van der Waals surface area contributed by atoms with Gasteiger partial charge in [0.15, 0.2) is 5.78 Å². The van der Waals surface area contributed by atoms with E-state index < -0.39 is 0 Å². The highest BCUT2D eigenvalue weighted by atomic mass is 16.5. The summed E-state index contributed by atoms with van der Waals surface area (Å²) in [6.07, 6.45) is 0. The fourth-order valence-electron chi connectivity index (χ4n) is 1.79. The first-order valence-corrected chi connectivity index (χ1v) is 5.96. The van der Waals surface area contributed by atoms with Crippen LogP contribution in [0.1, 0.15) is 28.4 Å². The molecule has 0 atom stereocenters. The Morgan fingerprint density at radius 2 is 1.63 bits per heavy atom. The molecule has 0 fully saturated rings. The van der Waals surface area contributed by atoms with Gasteiger partial charge in [-0.05, 0) is 37.3 Å². The molecule has 0 saturated carbocycles. The van der Waals surface area contributed by atoms with Gasteiger partial charge in [0.2, 0.25) is 0 Å². The SMILES string of the molecule is CC(=O)Oc1ccc(C(=O)c2cccc(C)c2)cc1. The summed E-state index contributed by atoms with van der Waals surface area (Å²) in [5.74, 6) is 0.0177. The molecule has 0 N–H and O–H groups in total. The quantitative estimate of drug-likeness (QED) is 0.480. The predicted molar refractivity (Wildman–Crippen MR) is 72.4 cm³/mol. The second-order valence-electron chi connectivity index (χ2n) is 4.32. The van der Waals surface area contributed by atoms with Gasteiger partial charge in [0, 0.05) is 18.1 Å². The third kappa shape index (κ3) is 3.28. The Balaban J connectivity index is 2.22. The third-order valence-electron chi connectivity index (χ3n) is 2.66. The molecule has 0 amide bonds. The Morgan fingerprint density at radius 1 is 0.947 bits per heavy atom. The molecular formula is C16H14O3. The van der Waals surface area contributed by atoms with Crippen LogP contribution in [0.3, 0.4) is 0 Å². The number of ether oxygens (including phenoxy) is 1. The summed E-state index contributed by atoms with van der Waals surface area (Å²) in [4.78, 5) is 23.0. The molecule has 0 aromatic heterocycles. The van der Waals surface area contributed by atoms with Gasteiger partial charge in [-0.3, -0.25) is 9.59 Å². The van der Waals surface area contributed by atoms with E-state index in [9.17, 15) is 9.59 Å². The van der Waals surface area contributed by atoms with Crippen LogP contribution in [-0.2, 0) is 4.79 Å². The summed E-state index contributed by atoms with van der Waals surface area (Å²) in [6.45, 7) is 3.28. The van der Waals surface area contributed by atoms with E-state index in [4.69, 9.17) is 4.74 Å². The van der Waals surface area contributed by atoms with E-state index in [-0.39, 0.29) is 11.8 Å². The number of ketones is 1. The fraction of sp³-hybridized carbons (Fsp3) is 0.125. The van der Waals surface area contributed by atoms with Gasteiger partial charge >= 0.3 is 5.97 Å². The second kappa shape index (κ2) is 5.48. The Kier molecular flexibility index (Phi) is 3.76. The van der Waals surface area contributed by atoms with Gasteiger partial charge in [-0.1, -0.05) is 23.8 Å². The van der Waals surface area contributed by atoms with Gasteiger partial charge in [0.25, 0.3) is 0 Å². The summed E-state index contributed by atoms with van der Waals surface area (Å²) < 4.78 is 4.92. The van der Waals surface area contributed by atoms with Crippen LogP contribution >= 0.6 is 0 Å². The number of benzene rings is 2. The van der Waals surface area contributed by atoms with Crippen LogP contribution in [0.5, 0.6) is 5.75 Å². The van der Waals surface area contributed by atoms with Crippen molar-refractivity contribution in [2.24, 2.45) is 0 Å². The molecule has 0 radical (unpaired) electrons. The molecule has 19 heavy (non-hydrogen) atoms. The number of carbonyl (C=O) groups excluding carboxylic acids is 2. The lowest BCUT2D eigenvalue weighted by Gasteiger charge is -2.04. The molecule has 0 heterocycles. The Hall–Kier alpha value is -2.42. The molecule has 3 heteroatoms. The fourth-order valence-corrected chi connectivity index (χ4v) is 1.79. The Bertz CT molecular complexity index is 612. The van der Waals surface area contributed by atoms with E-state index in [0.717, 1.165) is 5.56 Å². The lowest BCUT2D eigenvalue weighted by Crippen LogP contribution is -2.03. The van der Waals surface area contributed by atoms with Crippen molar-refractivity contribution < 1.29 is 14.3 Å². The summed E-state index contributed by atoms with van der Waals surface area (Å²) in [5, 5.41) is 0. The number of hydrogen-bond acceptors (Lipinski definition) is 3. The van der Waals surface area contributed by atoms with Crippen LogP contribution in [0.4, 0.5) is 0 Å². The molecule has 96 valence electrons. The first-order valence-electron chi connectivity index (χ1n) is 5.96. The zero-order chi connectivity index (χ0) is 13.8. The maximum atomic E-state index is 12.2. The predicted octanol–water partition coefficient (Wildman–Crippen LogP) is 3.15. The Morgan fingerprint density at radius 3 is 2.21 bits per heavy atom. The highest BCUT2D eigenvalue weighted by molar-refractivity contribution is 6.09. The number of aryl methyl sites for hydroxylation is 1. The van der Waals surface area contributed by atoms with Gasteiger partial charge in [-0.25, -0.2) is 0 Å². The van der Waals surface area contributed by atoms with Crippen molar-refractivity contribution in [1.82, 2.24) is 0 Å². The normalized spacial score (nSPS) is 10.0. The molecule has 3 nitrogen and oxygen atoms in total. The van der Waals surface area contributed by atoms with Crippen molar-refractivity contribution in [3.05, 3.63) is 65.2 Å². The summed E-state index contributed by atoms with van der Waals surface area (Å²) in [5.41, 5.74) is 2.27. The molecule has 0 unspecified atom stereocenters. The van der Waals surface area contributed by atoms with Gasteiger partial charge in [-0.2, -0.15) is 0 Å². The summed E-state index contributed by atoms with van der Waals surface area (Å²) in [6, 6.07) is 14.0. The topological polar surface area (TPSA) is 43.4 Å². The van der Waals surface area contributed by atoms with Crippen molar-refractivity contribution >= 4 is 11.8 Å². The average Bonchev–Trinajstić information content (AvgIpc) is 2.38. The van der Waals surface area contributed by atoms with Gasteiger partial charge in [0.1, 0.15) is 5.75 Å². The summed E-state index contributed by atoms with van der Waals surface area (Å²) >= 11 is 0. The molecule has 2 aromatic rings. The van der Waals surface area contributed by atoms with Crippen molar-refractivity contribution in [3.63, 3.8) is 0 Å². The molecule has 0 aliphatic heterocycles. The number of hydrogen-bond donors (Lipinski definition) is 0. The number of carbonyl (C=O) groups is 2. The smallest absolute Gasteiger partial charge is 0.308 e. The molecule has 0 aliphatic rings. The van der Waals surface area contributed by atoms with Crippen LogP contribution < -0.4 is 4.74 Å². The first kappa shape index (κ1) is 13.0. The molecule has 2 rings (SSSR count). The minimum atomic E-state index is -0.377. The average molecular weight is 254 g/mol.